The second-order valence-corrected chi connectivity index (χ2v) is 4.10. The van der Waals surface area contributed by atoms with E-state index >= 15 is 0 Å². The molecule has 1 aliphatic heterocycles. The Balaban J connectivity index is 1.96. The Hall–Kier alpha value is -1.36. The Morgan fingerprint density at radius 3 is 2.75 bits per heavy atom. The fourth-order valence-corrected chi connectivity index (χ4v) is 1.98. The SMILES string of the molecule is CNc1cnn(CCN2CCCC2)c(=O)c1. The van der Waals surface area contributed by atoms with Crippen LogP contribution in [0.1, 0.15) is 12.8 Å². The van der Waals surface area contributed by atoms with Crippen molar-refractivity contribution in [2.75, 3.05) is 32.0 Å². The van der Waals surface area contributed by atoms with Gasteiger partial charge >= 0.3 is 0 Å². The number of anilines is 1. The summed E-state index contributed by atoms with van der Waals surface area (Å²) in [6, 6.07) is 1.58. The molecule has 88 valence electrons. The van der Waals surface area contributed by atoms with Crippen LogP contribution in [-0.4, -0.2) is 41.4 Å². The van der Waals surface area contributed by atoms with Gasteiger partial charge in [-0.3, -0.25) is 4.79 Å². The third-order valence-corrected chi connectivity index (χ3v) is 2.98. The predicted molar refractivity (Wildman–Crippen MR) is 63.7 cm³/mol. The van der Waals surface area contributed by atoms with Crippen molar-refractivity contribution < 1.29 is 0 Å². The summed E-state index contributed by atoms with van der Waals surface area (Å²) in [5, 5.41) is 7.03. The van der Waals surface area contributed by atoms with E-state index in [9.17, 15) is 4.79 Å². The third kappa shape index (κ3) is 2.61. The van der Waals surface area contributed by atoms with Crippen LogP contribution in [0.15, 0.2) is 17.1 Å². The van der Waals surface area contributed by atoms with Gasteiger partial charge in [0, 0.05) is 19.7 Å². The number of hydrogen-bond donors (Lipinski definition) is 1. The van der Waals surface area contributed by atoms with E-state index in [-0.39, 0.29) is 5.56 Å². The lowest BCUT2D eigenvalue weighted by Gasteiger charge is -2.14. The molecule has 2 rings (SSSR count). The maximum atomic E-state index is 11.6. The van der Waals surface area contributed by atoms with E-state index in [2.05, 4.69) is 15.3 Å². The average Bonchev–Trinajstić information content (AvgIpc) is 2.80. The van der Waals surface area contributed by atoms with E-state index in [1.165, 1.54) is 17.5 Å². The molecule has 0 amide bonds. The van der Waals surface area contributed by atoms with Crippen LogP contribution in [0.5, 0.6) is 0 Å². The molecule has 5 heteroatoms. The minimum absolute atomic E-state index is 0.0361. The first kappa shape index (κ1) is 11.1. The topological polar surface area (TPSA) is 50.2 Å². The number of nitrogens with zero attached hydrogens (tertiary/aromatic N) is 3. The van der Waals surface area contributed by atoms with Crippen molar-refractivity contribution in [2.45, 2.75) is 19.4 Å². The lowest BCUT2D eigenvalue weighted by molar-refractivity contribution is 0.312. The van der Waals surface area contributed by atoms with Gasteiger partial charge in [0.1, 0.15) is 0 Å². The highest BCUT2D eigenvalue weighted by molar-refractivity contribution is 5.37. The molecular weight excluding hydrogens is 204 g/mol. The molecule has 0 aliphatic carbocycles. The average molecular weight is 222 g/mol. The summed E-state index contributed by atoms with van der Waals surface area (Å²) in [5.74, 6) is 0. The van der Waals surface area contributed by atoms with E-state index in [1.54, 1.807) is 19.3 Å². The monoisotopic (exact) mass is 222 g/mol. The molecule has 1 saturated heterocycles. The standard InChI is InChI=1S/C11H18N4O/c1-12-10-8-11(16)15(13-9-10)7-6-14-4-2-3-5-14/h8-9,12H,2-7H2,1H3. The maximum Gasteiger partial charge on any atom is 0.268 e. The normalized spacial score (nSPS) is 16.6. The predicted octanol–water partition coefficient (Wildman–Crippen LogP) is 0.381. The Morgan fingerprint density at radius 2 is 2.12 bits per heavy atom. The van der Waals surface area contributed by atoms with E-state index in [0.717, 1.165) is 25.3 Å². The zero-order valence-corrected chi connectivity index (χ0v) is 9.65. The van der Waals surface area contributed by atoms with Crippen LogP contribution < -0.4 is 10.9 Å². The molecular formula is C11H18N4O. The number of nitrogens with one attached hydrogen (secondary N) is 1. The molecule has 2 heterocycles. The van der Waals surface area contributed by atoms with Crippen molar-refractivity contribution in [1.82, 2.24) is 14.7 Å². The molecule has 0 aromatic carbocycles. The lowest BCUT2D eigenvalue weighted by atomic mass is 10.4. The fourth-order valence-electron chi connectivity index (χ4n) is 1.98. The summed E-state index contributed by atoms with van der Waals surface area (Å²) < 4.78 is 1.53. The van der Waals surface area contributed by atoms with E-state index < -0.39 is 0 Å². The molecule has 0 atom stereocenters. The number of rotatable bonds is 4. The Morgan fingerprint density at radius 1 is 1.38 bits per heavy atom. The molecule has 0 spiro atoms. The zero-order chi connectivity index (χ0) is 11.4. The van der Waals surface area contributed by atoms with Crippen molar-refractivity contribution in [3.8, 4) is 0 Å². The van der Waals surface area contributed by atoms with Gasteiger partial charge in [0.2, 0.25) is 0 Å². The van der Waals surface area contributed by atoms with Gasteiger partial charge in [0.25, 0.3) is 5.56 Å². The Kier molecular flexibility index (Phi) is 3.56. The first-order valence-corrected chi connectivity index (χ1v) is 5.77. The molecule has 1 aliphatic rings. The van der Waals surface area contributed by atoms with Crippen LogP contribution in [0, 0.1) is 0 Å². The molecule has 0 bridgehead atoms. The quantitative estimate of drug-likeness (QED) is 0.800. The van der Waals surface area contributed by atoms with Crippen LogP contribution in [0.2, 0.25) is 0 Å². The van der Waals surface area contributed by atoms with Gasteiger partial charge in [-0.2, -0.15) is 5.10 Å². The summed E-state index contributed by atoms with van der Waals surface area (Å²) in [7, 11) is 1.78. The van der Waals surface area contributed by atoms with Gasteiger partial charge in [0.05, 0.1) is 18.4 Å². The van der Waals surface area contributed by atoms with Crippen molar-refractivity contribution in [3.05, 3.63) is 22.6 Å². The van der Waals surface area contributed by atoms with Crippen molar-refractivity contribution in [3.63, 3.8) is 0 Å². The molecule has 16 heavy (non-hydrogen) atoms. The molecule has 5 nitrogen and oxygen atoms in total. The van der Waals surface area contributed by atoms with Crippen LogP contribution in [0.25, 0.3) is 0 Å². The van der Waals surface area contributed by atoms with E-state index in [0.29, 0.717) is 6.54 Å². The summed E-state index contributed by atoms with van der Waals surface area (Å²) in [6.45, 7) is 3.92. The third-order valence-electron chi connectivity index (χ3n) is 2.98. The lowest BCUT2D eigenvalue weighted by Crippen LogP contribution is -2.30. The molecule has 0 saturated carbocycles. The van der Waals surface area contributed by atoms with E-state index in [4.69, 9.17) is 0 Å². The summed E-state index contributed by atoms with van der Waals surface area (Å²) in [6.07, 6.45) is 4.24. The zero-order valence-electron chi connectivity index (χ0n) is 9.65. The van der Waals surface area contributed by atoms with E-state index in [1.807, 2.05) is 0 Å². The number of likely N-dealkylation sites (tertiary alicyclic amines) is 1. The second-order valence-electron chi connectivity index (χ2n) is 4.10. The van der Waals surface area contributed by atoms with Crippen molar-refractivity contribution in [1.29, 1.82) is 0 Å². The summed E-state index contributed by atoms with van der Waals surface area (Å²) in [4.78, 5) is 14.0. The van der Waals surface area contributed by atoms with Crippen molar-refractivity contribution in [2.24, 2.45) is 0 Å². The number of aromatic nitrogens is 2. The summed E-state index contributed by atoms with van der Waals surface area (Å²) in [5.41, 5.74) is 0.730. The van der Waals surface area contributed by atoms with Gasteiger partial charge in [-0.15, -0.1) is 0 Å². The van der Waals surface area contributed by atoms with Gasteiger partial charge in [-0.25, -0.2) is 4.68 Å². The molecule has 1 aromatic heterocycles. The first-order valence-electron chi connectivity index (χ1n) is 5.77. The fraction of sp³-hybridized carbons (Fsp3) is 0.636. The number of hydrogen-bond acceptors (Lipinski definition) is 4. The minimum atomic E-state index is -0.0361. The Labute approximate surface area is 95.1 Å². The maximum absolute atomic E-state index is 11.6. The molecule has 0 unspecified atom stereocenters. The van der Waals surface area contributed by atoms with Gasteiger partial charge in [-0.05, 0) is 25.9 Å². The Bertz CT molecular complexity index is 395. The highest BCUT2D eigenvalue weighted by atomic mass is 16.1. The molecule has 1 aromatic rings. The van der Waals surface area contributed by atoms with Crippen LogP contribution >= 0.6 is 0 Å². The molecule has 0 radical (unpaired) electrons. The highest BCUT2D eigenvalue weighted by Gasteiger charge is 2.11. The van der Waals surface area contributed by atoms with Gasteiger partial charge < -0.3 is 10.2 Å². The summed E-state index contributed by atoms with van der Waals surface area (Å²) >= 11 is 0. The first-order chi connectivity index (χ1) is 7.79. The highest BCUT2D eigenvalue weighted by Crippen LogP contribution is 2.06. The molecule has 1 fully saturated rings. The van der Waals surface area contributed by atoms with Crippen LogP contribution in [0.3, 0.4) is 0 Å². The van der Waals surface area contributed by atoms with Crippen molar-refractivity contribution >= 4 is 5.69 Å². The van der Waals surface area contributed by atoms with Gasteiger partial charge in [0.15, 0.2) is 0 Å². The van der Waals surface area contributed by atoms with Crippen LogP contribution in [-0.2, 0) is 6.54 Å². The van der Waals surface area contributed by atoms with Crippen LogP contribution in [0.4, 0.5) is 5.69 Å². The smallest absolute Gasteiger partial charge is 0.268 e. The van der Waals surface area contributed by atoms with Gasteiger partial charge in [-0.1, -0.05) is 0 Å². The second kappa shape index (κ2) is 5.12. The minimum Gasteiger partial charge on any atom is -0.387 e. The largest absolute Gasteiger partial charge is 0.387 e. The molecule has 1 N–H and O–H groups in total.